The molecule has 0 aromatic carbocycles. The Hall–Kier alpha value is -1.41. The fourth-order valence-electron chi connectivity index (χ4n) is 1.38. The molecule has 0 aliphatic heterocycles. The molecule has 0 bridgehead atoms. The number of amides is 1. The van der Waals surface area contributed by atoms with Gasteiger partial charge in [-0.3, -0.25) is 4.79 Å². The minimum atomic E-state index is -2.14. The Balaban J connectivity index is 5.11. The molecule has 0 aliphatic rings. The number of hydrogen-bond donors (Lipinski definition) is 1. The lowest BCUT2D eigenvalue weighted by atomic mass is 10.2. The molecule has 1 atom stereocenters. The van der Waals surface area contributed by atoms with E-state index in [0.29, 0.717) is 0 Å². The average molecular weight is 376 g/mol. The Morgan fingerprint density at radius 3 is 1.96 bits per heavy atom. The second-order valence-electron chi connectivity index (χ2n) is 8.42. The van der Waals surface area contributed by atoms with Crippen LogP contribution in [-0.4, -0.2) is 44.6 Å². The van der Waals surface area contributed by atoms with Crippen LogP contribution in [0.2, 0.25) is 18.1 Å². The van der Waals surface area contributed by atoms with E-state index in [0.717, 1.165) is 0 Å². The molecule has 0 fully saturated rings. The van der Waals surface area contributed by atoms with E-state index in [2.05, 4.69) is 26.1 Å². The van der Waals surface area contributed by atoms with E-state index in [-0.39, 0.29) is 18.1 Å². The van der Waals surface area contributed by atoms with Gasteiger partial charge < -0.3 is 19.2 Å². The van der Waals surface area contributed by atoms with Crippen LogP contribution in [0.1, 0.15) is 54.9 Å². The normalized spacial score (nSPS) is 13.8. The third-order valence-corrected chi connectivity index (χ3v) is 8.40. The summed E-state index contributed by atoms with van der Waals surface area (Å²) in [7, 11) is -2.14. The maximum atomic E-state index is 12.2. The van der Waals surface area contributed by atoms with E-state index in [9.17, 15) is 14.4 Å². The van der Waals surface area contributed by atoms with Crippen LogP contribution in [0.25, 0.3) is 0 Å². The van der Waals surface area contributed by atoms with Crippen LogP contribution in [0.3, 0.4) is 0 Å². The zero-order chi connectivity index (χ0) is 20.1. The molecular weight excluding hydrogens is 342 g/mol. The third kappa shape index (κ3) is 9.01. The molecule has 0 aromatic rings. The van der Waals surface area contributed by atoms with Gasteiger partial charge >= 0.3 is 18.0 Å². The van der Waals surface area contributed by atoms with E-state index in [1.807, 2.05) is 13.1 Å². The summed E-state index contributed by atoms with van der Waals surface area (Å²) in [6.07, 6.45) is -0.703. The molecule has 8 heteroatoms. The molecule has 0 spiro atoms. The van der Waals surface area contributed by atoms with E-state index in [1.54, 1.807) is 27.7 Å². The summed E-state index contributed by atoms with van der Waals surface area (Å²) in [5.41, 5.74) is -0.710. The third-order valence-electron chi connectivity index (χ3n) is 3.90. The number of nitrogens with one attached hydrogen (secondary N) is 1. The second kappa shape index (κ2) is 8.80. The lowest BCUT2D eigenvalue weighted by Crippen LogP contribution is -2.51. The molecular formula is C17H33NO6Si. The summed E-state index contributed by atoms with van der Waals surface area (Å²) >= 11 is 0. The van der Waals surface area contributed by atoms with Gasteiger partial charge in [-0.05, 0) is 38.9 Å². The van der Waals surface area contributed by atoms with Crippen LogP contribution in [0.4, 0.5) is 4.79 Å². The highest BCUT2D eigenvalue weighted by molar-refractivity contribution is 6.74. The number of carbonyl (C=O) groups excluding carboxylic acids is 3. The predicted molar refractivity (Wildman–Crippen MR) is 97.7 cm³/mol. The van der Waals surface area contributed by atoms with Gasteiger partial charge in [-0.2, -0.15) is 0 Å². The van der Waals surface area contributed by atoms with Crippen LogP contribution < -0.4 is 5.32 Å². The maximum Gasteiger partial charge on any atom is 0.408 e. The van der Waals surface area contributed by atoms with Crippen LogP contribution in [0, 0.1) is 0 Å². The minimum Gasteiger partial charge on any atom is -0.444 e. The predicted octanol–water partition coefficient (Wildman–Crippen LogP) is 3.38. The summed E-state index contributed by atoms with van der Waals surface area (Å²) < 4.78 is 15.9. The molecule has 0 saturated carbocycles. The van der Waals surface area contributed by atoms with Gasteiger partial charge in [0.25, 0.3) is 0 Å². The van der Waals surface area contributed by atoms with Gasteiger partial charge in [-0.25, -0.2) is 9.59 Å². The number of esters is 2. The Morgan fingerprint density at radius 2 is 1.56 bits per heavy atom. The van der Waals surface area contributed by atoms with Crippen LogP contribution in [0.5, 0.6) is 0 Å². The lowest BCUT2D eigenvalue weighted by Gasteiger charge is -2.37. The van der Waals surface area contributed by atoms with Gasteiger partial charge in [0.1, 0.15) is 5.60 Å². The fraction of sp³-hybridized carbons (Fsp3) is 0.824. The molecule has 1 N–H and O–H groups in total. The topological polar surface area (TPSA) is 90.9 Å². The zero-order valence-electron chi connectivity index (χ0n) is 16.9. The van der Waals surface area contributed by atoms with Crippen molar-refractivity contribution < 1.29 is 28.3 Å². The van der Waals surface area contributed by atoms with Crippen molar-refractivity contribution in [1.82, 2.24) is 5.32 Å². The molecule has 146 valence electrons. The van der Waals surface area contributed by atoms with Crippen molar-refractivity contribution in [2.75, 3.05) is 6.61 Å². The fourth-order valence-corrected chi connectivity index (χ4v) is 2.40. The largest absolute Gasteiger partial charge is 0.444 e. The molecule has 0 aliphatic carbocycles. The minimum absolute atomic E-state index is 0.0629. The van der Waals surface area contributed by atoms with Gasteiger partial charge in [0.05, 0.1) is 6.61 Å². The number of alkyl carbamates (subject to hydrolysis) is 1. The molecule has 0 radical (unpaired) electrons. The standard InChI is InChI=1S/C17H33NO6Si/c1-10-13(19)23-14(20)12(18-15(21)24-16(2,3)4)11-22-25(8,9)17(5,6)7/h12H,10-11H2,1-9H3,(H,18,21)/t12-/m0/s1. The number of carbonyl (C=O) groups is 3. The zero-order valence-corrected chi connectivity index (χ0v) is 17.9. The van der Waals surface area contributed by atoms with Gasteiger partial charge in [0.2, 0.25) is 0 Å². The number of hydrogen-bond acceptors (Lipinski definition) is 6. The van der Waals surface area contributed by atoms with Gasteiger partial charge in [0, 0.05) is 6.42 Å². The Morgan fingerprint density at radius 1 is 1.04 bits per heavy atom. The Bertz CT molecular complexity index is 490. The average Bonchev–Trinajstić information content (AvgIpc) is 2.39. The van der Waals surface area contributed by atoms with Crippen molar-refractivity contribution in [2.24, 2.45) is 0 Å². The maximum absolute atomic E-state index is 12.2. The Labute approximate surface area is 151 Å². The quantitative estimate of drug-likeness (QED) is 0.435. The van der Waals surface area contributed by atoms with Gasteiger partial charge in [-0.15, -0.1) is 0 Å². The molecule has 25 heavy (non-hydrogen) atoms. The first kappa shape index (κ1) is 23.6. The smallest absolute Gasteiger partial charge is 0.408 e. The van der Waals surface area contributed by atoms with E-state index < -0.39 is 38.0 Å². The van der Waals surface area contributed by atoms with Crippen LogP contribution in [0.15, 0.2) is 0 Å². The van der Waals surface area contributed by atoms with Crippen molar-refractivity contribution in [2.45, 2.75) is 84.7 Å². The summed E-state index contributed by atoms with van der Waals surface area (Å²) in [5, 5.41) is 2.37. The van der Waals surface area contributed by atoms with Crippen molar-refractivity contribution in [3.8, 4) is 0 Å². The number of ether oxygens (including phenoxy) is 2. The first-order chi connectivity index (χ1) is 11.1. The molecule has 0 aromatic heterocycles. The van der Waals surface area contributed by atoms with Crippen molar-refractivity contribution in [3.63, 3.8) is 0 Å². The highest BCUT2D eigenvalue weighted by Gasteiger charge is 2.39. The molecule has 0 unspecified atom stereocenters. The second-order valence-corrected chi connectivity index (χ2v) is 13.2. The molecule has 7 nitrogen and oxygen atoms in total. The first-order valence-corrected chi connectivity index (χ1v) is 11.4. The van der Waals surface area contributed by atoms with Gasteiger partial charge in [-0.1, -0.05) is 27.7 Å². The number of rotatable bonds is 6. The lowest BCUT2D eigenvalue weighted by molar-refractivity contribution is -0.161. The van der Waals surface area contributed by atoms with Crippen LogP contribution >= 0.6 is 0 Å². The molecule has 0 rings (SSSR count). The van der Waals surface area contributed by atoms with Crippen molar-refractivity contribution in [1.29, 1.82) is 0 Å². The molecule has 0 heterocycles. The molecule has 0 saturated heterocycles. The molecule has 1 amide bonds. The van der Waals surface area contributed by atoms with E-state index in [1.165, 1.54) is 0 Å². The van der Waals surface area contributed by atoms with E-state index in [4.69, 9.17) is 13.9 Å². The summed E-state index contributed by atoms with van der Waals surface area (Å²) in [5.74, 6) is -1.51. The van der Waals surface area contributed by atoms with Crippen molar-refractivity contribution >= 4 is 26.3 Å². The highest BCUT2D eigenvalue weighted by atomic mass is 28.4. The first-order valence-electron chi connectivity index (χ1n) is 8.47. The summed E-state index contributed by atoms with van der Waals surface area (Å²) in [6, 6.07) is -1.11. The summed E-state index contributed by atoms with van der Waals surface area (Å²) in [6.45, 7) is 16.9. The highest BCUT2D eigenvalue weighted by Crippen LogP contribution is 2.36. The summed E-state index contributed by atoms with van der Waals surface area (Å²) in [4.78, 5) is 35.6. The van der Waals surface area contributed by atoms with Crippen LogP contribution in [-0.2, 0) is 23.5 Å². The SMILES string of the molecule is CCC(=O)OC(=O)[C@H](CO[Si](C)(C)C(C)(C)C)NC(=O)OC(C)(C)C. The van der Waals surface area contributed by atoms with Crippen molar-refractivity contribution in [3.05, 3.63) is 0 Å². The Kier molecular flexibility index (Phi) is 8.30. The van der Waals surface area contributed by atoms with E-state index >= 15 is 0 Å². The van der Waals surface area contributed by atoms with Gasteiger partial charge in [0.15, 0.2) is 14.4 Å². The monoisotopic (exact) mass is 375 g/mol.